The van der Waals surface area contributed by atoms with Crippen LogP contribution in [0, 0.1) is 10.8 Å². The summed E-state index contributed by atoms with van der Waals surface area (Å²) in [6, 6.07) is -0.847. The van der Waals surface area contributed by atoms with Crippen LogP contribution in [0.3, 0.4) is 0 Å². The van der Waals surface area contributed by atoms with Crippen molar-refractivity contribution in [1.82, 2.24) is 5.32 Å². The van der Waals surface area contributed by atoms with Crippen molar-refractivity contribution < 1.29 is 19.4 Å². The number of ether oxygens (including phenoxy) is 1. The molecule has 2 bridgehead atoms. The number of hydrogen-bond donors (Lipinski definition) is 2. The zero-order valence-electron chi connectivity index (χ0n) is 12.1. The van der Waals surface area contributed by atoms with Crippen molar-refractivity contribution >= 4 is 12.1 Å². The molecule has 0 aromatic rings. The van der Waals surface area contributed by atoms with Crippen LogP contribution >= 0.6 is 0 Å². The van der Waals surface area contributed by atoms with Gasteiger partial charge in [0.25, 0.3) is 0 Å². The number of carboxylic acids is 1. The van der Waals surface area contributed by atoms with E-state index in [4.69, 9.17) is 4.74 Å². The molecule has 0 spiro atoms. The van der Waals surface area contributed by atoms with Crippen molar-refractivity contribution in [2.24, 2.45) is 10.8 Å². The Labute approximate surface area is 113 Å². The minimum atomic E-state index is -0.985. The zero-order valence-corrected chi connectivity index (χ0v) is 12.1. The van der Waals surface area contributed by atoms with Gasteiger partial charge < -0.3 is 15.2 Å². The molecule has 1 atom stereocenters. The van der Waals surface area contributed by atoms with Crippen LogP contribution < -0.4 is 5.32 Å². The van der Waals surface area contributed by atoms with Gasteiger partial charge in [0.15, 0.2) is 0 Å². The summed E-state index contributed by atoms with van der Waals surface area (Å²) < 4.78 is 5.10. The van der Waals surface area contributed by atoms with E-state index in [1.54, 1.807) is 20.8 Å². The average Bonchev–Trinajstić information content (AvgIpc) is 2.08. The molecule has 0 radical (unpaired) electrons. The summed E-state index contributed by atoms with van der Waals surface area (Å²) in [5.41, 5.74) is -0.0290. The third-order valence-electron chi connectivity index (χ3n) is 4.03. The van der Waals surface area contributed by atoms with Crippen LogP contribution in [0.25, 0.3) is 0 Å². The first-order valence-electron chi connectivity index (χ1n) is 6.75. The molecule has 0 aromatic heterocycles. The molecule has 3 fully saturated rings. The molecule has 5 nitrogen and oxygen atoms in total. The Bertz CT molecular complexity index is 390. The lowest BCUT2D eigenvalue weighted by Crippen LogP contribution is -2.62. The van der Waals surface area contributed by atoms with Gasteiger partial charge in [0.05, 0.1) is 0 Å². The number of aliphatic carboxylic acids is 1. The smallest absolute Gasteiger partial charge is 0.408 e. The van der Waals surface area contributed by atoms with Gasteiger partial charge >= 0.3 is 12.1 Å². The van der Waals surface area contributed by atoms with Crippen molar-refractivity contribution in [3.05, 3.63) is 0 Å². The lowest BCUT2D eigenvalue weighted by atomic mass is 9.35. The molecule has 0 aromatic carbocycles. The standard InChI is InChI=1S/C14H23NO4/c1-12(2,3)19-11(18)15-9(10(16)17)5-14-6-13(4,7-14)8-14/h9H,5-8H2,1-4H3,(H,15,18)(H,16,17). The third-order valence-corrected chi connectivity index (χ3v) is 4.03. The summed E-state index contributed by atoms with van der Waals surface area (Å²) in [6.07, 6.45) is 3.11. The molecular weight excluding hydrogens is 246 g/mol. The van der Waals surface area contributed by atoms with Crippen molar-refractivity contribution in [1.29, 1.82) is 0 Å². The van der Waals surface area contributed by atoms with Crippen LogP contribution in [0.5, 0.6) is 0 Å². The van der Waals surface area contributed by atoms with E-state index in [2.05, 4.69) is 12.2 Å². The molecule has 3 rings (SSSR count). The molecule has 19 heavy (non-hydrogen) atoms. The highest BCUT2D eigenvalue weighted by Crippen LogP contribution is 2.74. The van der Waals surface area contributed by atoms with Crippen molar-refractivity contribution in [3.63, 3.8) is 0 Å². The lowest BCUT2D eigenvalue weighted by Gasteiger charge is -2.70. The first-order valence-corrected chi connectivity index (χ1v) is 6.75. The number of hydrogen-bond acceptors (Lipinski definition) is 3. The maximum atomic E-state index is 11.6. The number of rotatable bonds is 4. The van der Waals surface area contributed by atoms with E-state index < -0.39 is 23.7 Å². The molecule has 1 unspecified atom stereocenters. The average molecular weight is 269 g/mol. The van der Waals surface area contributed by atoms with E-state index in [0.717, 1.165) is 19.3 Å². The second-order valence-electron chi connectivity index (χ2n) is 7.58. The summed E-state index contributed by atoms with van der Waals surface area (Å²) in [5.74, 6) is -0.985. The topological polar surface area (TPSA) is 75.6 Å². The van der Waals surface area contributed by atoms with Gasteiger partial charge in [-0.25, -0.2) is 9.59 Å². The van der Waals surface area contributed by atoms with E-state index in [-0.39, 0.29) is 5.41 Å². The molecule has 2 N–H and O–H groups in total. The normalized spacial score (nSPS) is 33.7. The van der Waals surface area contributed by atoms with Crippen molar-refractivity contribution in [3.8, 4) is 0 Å². The Hall–Kier alpha value is -1.26. The van der Waals surface area contributed by atoms with E-state index in [1.165, 1.54) is 0 Å². The highest BCUT2D eigenvalue weighted by molar-refractivity contribution is 5.80. The van der Waals surface area contributed by atoms with Crippen molar-refractivity contribution in [2.45, 2.75) is 65.0 Å². The van der Waals surface area contributed by atoms with E-state index in [9.17, 15) is 14.7 Å². The first kappa shape index (κ1) is 14.2. The van der Waals surface area contributed by atoms with Crippen molar-refractivity contribution in [2.75, 3.05) is 0 Å². The Morgan fingerprint density at radius 1 is 1.32 bits per heavy atom. The Kier molecular flexibility index (Phi) is 3.07. The van der Waals surface area contributed by atoms with Gasteiger partial charge in [0.2, 0.25) is 0 Å². The molecule has 3 aliphatic carbocycles. The Morgan fingerprint density at radius 2 is 1.84 bits per heavy atom. The van der Waals surface area contributed by atoms with Gasteiger partial charge in [-0.3, -0.25) is 0 Å². The highest BCUT2D eigenvalue weighted by Gasteiger charge is 2.65. The molecule has 0 aliphatic heterocycles. The first-order chi connectivity index (χ1) is 8.53. The molecule has 3 saturated carbocycles. The number of carboxylic acid groups (broad SMARTS) is 1. The summed E-state index contributed by atoms with van der Waals surface area (Å²) in [6.45, 7) is 7.49. The Morgan fingerprint density at radius 3 is 2.21 bits per heavy atom. The largest absolute Gasteiger partial charge is 0.480 e. The lowest BCUT2D eigenvalue weighted by molar-refractivity contribution is -0.200. The van der Waals surface area contributed by atoms with Crippen LogP contribution in [0.15, 0.2) is 0 Å². The predicted molar refractivity (Wildman–Crippen MR) is 69.8 cm³/mol. The number of carbonyl (C=O) groups excluding carboxylic acids is 1. The number of alkyl carbamates (subject to hydrolysis) is 1. The van der Waals surface area contributed by atoms with Crippen LogP contribution in [0.2, 0.25) is 0 Å². The SMILES string of the molecule is CC12CC(CC(NC(=O)OC(C)(C)C)C(=O)O)(C1)C2. The van der Waals surface area contributed by atoms with Gasteiger partial charge in [-0.05, 0) is 57.3 Å². The summed E-state index contributed by atoms with van der Waals surface area (Å²) in [5, 5.41) is 11.7. The number of amides is 1. The predicted octanol–water partition coefficient (Wildman–Crippen LogP) is 2.54. The molecule has 5 heteroatoms. The quantitative estimate of drug-likeness (QED) is 0.822. The summed E-state index contributed by atoms with van der Waals surface area (Å²) >= 11 is 0. The fraction of sp³-hybridized carbons (Fsp3) is 0.857. The summed E-state index contributed by atoms with van der Waals surface area (Å²) in [7, 11) is 0. The van der Waals surface area contributed by atoms with Crippen LogP contribution in [-0.4, -0.2) is 28.8 Å². The molecular formula is C14H23NO4. The van der Waals surface area contributed by atoms with Gasteiger partial charge in [-0.1, -0.05) is 6.92 Å². The minimum absolute atomic E-state index is 0.146. The van der Waals surface area contributed by atoms with Gasteiger partial charge in [0.1, 0.15) is 11.6 Å². The van der Waals surface area contributed by atoms with Crippen LogP contribution in [-0.2, 0) is 9.53 Å². The Balaban J connectivity index is 1.87. The fourth-order valence-electron chi connectivity index (χ4n) is 3.86. The van der Waals surface area contributed by atoms with Gasteiger partial charge in [-0.2, -0.15) is 0 Å². The third kappa shape index (κ3) is 3.01. The molecule has 3 aliphatic rings. The van der Waals surface area contributed by atoms with Gasteiger partial charge in [-0.15, -0.1) is 0 Å². The molecule has 108 valence electrons. The van der Waals surface area contributed by atoms with E-state index in [0.29, 0.717) is 11.8 Å². The number of carbonyl (C=O) groups is 2. The molecule has 1 amide bonds. The summed E-state index contributed by atoms with van der Waals surface area (Å²) in [4.78, 5) is 22.9. The second-order valence-corrected chi connectivity index (χ2v) is 7.58. The monoisotopic (exact) mass is 269 g/mol. The van der Waals surface area contributed by atoms with Crippen LogP contribution in [0.1, 0.15) is 53.4 Å². The maximum Gasteiger partial charge on any atom is 0.408 e. The number of nitrogens with one attached hydrogen (secondary N) is 1. The van der Waals surface area contributed by atoms with Crippen LogP contribution in [0.4, 0.5) is 4.79 Å². The minimum Gasteiger partial charge on any atom is -0.480 e. The van der Waals surface area contributed by atoms with E-state index in [1.807, 2.05) is 0 Å². The second kappa shape index (κ2) is 4.12. The van der Waals surface area contributed by atoms with Gasteiger partial charge in [0, 0.05) is 0 Å². The fourth-order valence-corrected chi connectivity index (χ4v) is 3.86. The molecule has 0 heterocycles. The highest BCUT2D eigenvalue weighted by atomic mass is 16.6. The molecule has 0 saturated heterocycles. The zero-order chi connectivity index (χ0) is 14.5. The van der Waals surface area contributed by atoms with E-state index >= 15 is 0 Å². The maximum absolute atomic E-state index is 11.6.